The highest BCUT2D eigenvalue weighted by molar-refractivity contribution is 8.00. The lowest BCUT2D eigenvalue weighted by Gasteiger charge is -2.18. The highest BCUT2D eigenvalue weighted by Gasteiger charge is 2.20. The molecule has 0 spiro atoms. The Hall–Kier alpha value is -0.220. The minimum absolute atomic E-state index is 0.0662. The highest BCUT2D eigenvalue weighted by atomic mass is 32.2. The average molecular weight is 204 g/mol. The number of nitrogens with one attached hydrogen (secondary N) is 1. The first kappa shape index (κ1) is 12.8. The SMILES string of the molecule is CCSC(C(=O)NCCN)C(C)C. The maximum absolute atomic E-state index is 11.5. The fourth-order valence-electron chi connectivity index (χ4n) is 1.05. The monoisotopic (exact) mass is 204 g/mol. The van der Waals surface area contributed by atoms with E-state index in [1.807, 2.05) is 0 Å². The molecule has 0 heterocycles. The summed E-state index contributed by atoms with van der Waals surface area (Å²) in [5.41, 5.74) is 5.31. The first-order valence-electron chi connectivity index (χ1n) is 4.72. The van der Waals surface area contributed by atoms with Crippen molar-refractivity contribution < 1.29 is 4.79 Å². The maximum atomic E-state index is 11.5. The smallest absolute Gasteiger partial charge is 0.233 e. The topological polar surface area (TPSA) is 55.1 Å². The fraction of sp³-hybridized carbons (Fsp3) is 0.889. The molecule has 13 heavy (non-hydrogen) atoms. The number of amides is 1. The fourth-order valence-corrected chi connectivity index (χ4v) is 2.03. The lowest BCUT2D eigenvalue weighted by molar-refractivity contribution is -0.121. The van der Waals surface area contributed by atoms with E-state index in [0.29, 0.717) is 19.0 Å². The summed E-state index contributed by atoms with van der Waals surface area (Å²) >= 11 is 1.69. The number of carbonyl (C=O) groups is 1. The zero-order valence-corrected chi connectivity index (χ0v) is 9.49. The molecule has 0 aromatic rings. The predicted octanol–water partition coefficient (Wildman–Crippen LogP) is 0.839. The van der Waals surface area contributed by atoms with Crippen molar-refractivity contribution >= 4 is 17.7 Å². The standard InChI is InChI=1S/C9H20N2OS/c1-4-13-8(7(2)3)9(12)11-6-5-10/h7-8H,4-6,10H2,1-3H3,(H,11,12). The van der Waals surface area contributed by atoms with Crippen molar-refractivity contribution in [3.63, 3.8) is 0 Å². The van der Waals surface area contributed by atoms with E-state index in [2.05, 4.69) is 26.1 Å². The second-order valence-electron chi connectivity index (χ2n) is 3.20. The first-order chi connectivity index (χ1) is 6.13. The third kappa shape index (κ3) is 5.16. The molecule has 3 N–H and O–H groups in total. The van der Waals surface area contributed by atoms with Crippen molar-refractivity contribution in [1.82, 2.24) is 5.32 Å². The molecule has 78 valence electrons. The van der Waals surface area contributed by atoms with E-state index in [-0.39, 0.29) is 11.2 Å². The Balaban J connectivity index is 3.96. The average Bonchev–Trinajstić information content (AvgIpc) is 2.09. The van der Waals surface area contributed by atoms with Crippen LogP contribution in [0.4, 0.5) is 0 Å². The van der Waals surface area contributed by atoms with Gasteiger partial charge < -0.3 is 11.1 Å². The predicted molar refractivity (Wildman–Crippen MR) is 58.8 cm³/mol. The summed E-state index contributed by atoms with van der Waals surface area (Å²) < 4.78 is 0. The maximum Gasteiger partial charge on any atom is 0.233 e. The molecule has 0 rings (SSSR count). The summed E-state index contributed by atoms with van der Waals surface area (Å²) in [5, 5.41) is 2.88. The van der Waals surface area contributed by atoms with Crippen molar-refractivity contribution in [2.24, 2.45) is 11.7 Å². The second kappa shape index (κ2) is 7.21. The Morgan fingerprint density at radius 3 is 2.54 bits per heavy atom. The van der Waals surface area contributed by atoms with Gasteiger partial charge in [0, 0.05) is 13.1 Å². The number of hydrogen-bond donors (Lipinski definition) is 2. The van der Waals surface area contributed by atoms with Crippen LogP contribution < -0.4 is 11.1 Å². The summed E-state index contributed by atoms with van der Waals surface area (Å²) in [6.45, 7) is 7.28. The Morgan fingerprint density at radius 1 is 1.54 bits per heavy atom. The molecule has 0 aliphatic heterocycles. The van der Waals surface area contributed by atoms with Crippen LogP contribution in [-0.4, -0.2) is 30.0 Å². The van der Waals surface area contributed by atoms with E-state index in [9.17, 15) is 4.79 Å². The molecule has 0 bridgehead atoms. The van der Waals surface area contributed by atoms with Gasteiger partial charge in [-0.25, -0.2) is 0 Å². The van der Waals surface area contributed by atoms with E-state index >= 15 is 0 Å². The quantitative estimate of drug-likeness (QED) is 0.674. The molecule has 0 aromatic carbocycles. The normalized spacial score (nSPS) is 13.0. The van der Waals surface area contributed by atoms with E-state index in [1.54, 1.807) is 11.8 Å². The van der Waals surface area contributed by atoms with Gasteiger partial charge in [0.2, 0.25) is 5.91 Å². The number of hydrogen-bond acceptors (Lipinski definition) is 3. The molecular weight excluding hydrogens is 184 g/mol. The van der Waals surface area contributed by atoms with E-state index in [0.717, 1.165) is 5.75 Å². The third-order valence-corrected chi connectivity index (χ3v) is 3.10. The summed E-state index contributed by atoms with van der Waals surface area (Å²) in [6, 6.07) is 0. The van der Waals surface area contributed by atoms with Gasteiger partial charge >= 0.3 is 0 Å². The molecule has 1 unspecified atom stereocenters. The molecule has 0 saturated heterocycles. The van der Waals surface area contributed by atoms with Crippen LogP contribution in [0.1, 0.15) is 20.8 Å². The zero-order chi connectivity index (χ0) is 10.3. The van der Waals surface area contributed by atoms with Gasteiger partial charge in [0.1, 0.15) is 0 Å². The summed E-state index contributed by atoms with van der Waals surface area (Å²) in [7, 11) is 0. The van der Waals surface area contributed by atoms with E-state index in [4.69, 9.17) is 5.73 Å². The van der Waals surface area contributed by atoms with Gasteiger partial charge in [-0.1, -0.05) is 20.8 Å². The van der Waals surface area contributed by atoms with Crippen LogP contribution in [0, 0.1) is 5.92 Å². The van der Waals surface area contributed by atoms with Gasteiger partial charge in [0.25, 0.3) is 0 Å². The minimum Gasteiger partial charge on any atom is -0.354 e. The Kier molecular flexibility index (Phi) is 7.09. The van der Waals surface area contributed by atoms with Crippen LogP contribution in [0.25, 0.3) is 0 Å². The summed E-state index contributed by atoms with van der Waals surface area (Å²) in [4.78, 5) is 11.5. The highest BCUT2D eigenvalue weighted by Crippen LogP contribution is 2.18. The van der Waals surface area contributed by atoms with Crippen LogP contribution >= 0.6 is 11.8 Å². The van der Waals surface area contributed by atoms with Crippen molar-refractivity contribution in [2.75, 3.05) is 18.8 Å². The van der Waals surface area contributed by atoms with Crippen LogP contribution in [-0.2, 0) is 4.79 Å². The lowest BCUT2D eigenvalue weighted by Crippen LogP contribution is -2.38. The summed E-state index contributed by atoms with van der Waals surface area (Å²) in [6.07, 6.45) is 0. The molecule has 0 radical (unpaired) electrons. The van der Waals surface area contributed by atoms with E-state index < -0.39 is 0 Å². The van der Waals surface area contributed by atoms with Crippen molar-refractivity contribution in [3.8, 4) is 0 Å². The van der Waals surface area contributed by atoms with Crippen LogP contribution in [0.5, 0.6) is 0 Å². The number of rotatable bonds is 6. The molecule has 3 nitrogen and oxygen atoms in total. The van der Waals surface area contributed by atoms with E-state index in [1.165, 1.54) is 0 Å². The van der Waals surface area contributed by atoms with Gasteiger partial charge in [-0.3, -0.25) is 4.79 Å². The van der Waals surface area contributed by atoms with Crippen molar-refractivity contribution in [1.29, 1.82) is 0 Å². The van der Waals surface area contributed by atoms with Crippen molar-refractivity contribution in [2.45, 2.75) is 26.0 Å². The number of carbonyl (C=O) groups excluding carboxylic acids is 1. The molecule has 0 saturated carbocycles. The second-order valence-corrected chi connectivity index (χ2v) is 4.62. The molecule has 1 atom stereocenters. The first-order valence-corrected chi connectivity index (χ1v) is 5.77. The molecule has 0 aliphatic rings. The van der Waals surface area contributed by atoms with Crippen LogP contribution in [0.2, 0.25) is 0 Å². The summed E-state index contributed by atoms with van der Waals surface area (Å²) in [5.74, 6) is 1.47. The molecule has 0 fully saturated rings. The Labute approximate surface area is 84.8 Å². The minimum atomic E-state index is 0.0662. The van der Waals surface area contributed by atoms with Gasteiger partial charge in [-0.2, -0.15) is 0 Å². The molecular formula is C9H20N2OS. The largest absolute Gasteiger partial charge is 0.354 e. The van der Waals surface area contributed by atoms with Gasteiger partial charge in [0.05, 0.1) is 5.25 Å². The zero-order valence-electron chi connectivity index (χ0n) is 8.67. The molecule has 0 aromatic heterocycles. The van der Waals surface area contributed by atoms with Gasteiger partial charge in [-0.05, 0) is 11.7 Å². The number of thioether (sulfide) groups is 1. The third-order valence-electron chi connectivity index (χ3n) is 1.65. The Bertz CT molecular complexity index is 151. The van der Waals surface area contributed by atoms with Crippen molar-refractivity contribution in [3.05, 3.63) is 0 Å². The number of nitrogens with two attached hydrogens (primary N) is 1. The van der Waals surface area contributed by atoms with Gasteiger partial charge in [0.15, 0.2) is 0 Å². The molecule has 1 amide bonds. The Morgan fingerprint density at radius 2 is 2.15 bits per heavy atom. The van der Waals surface area contributed by atoms with Gasteiger partial charge in [-0.15, -0.1) is 11.8 Å². The van der Waals surface area contributed by atoms with Crippen LogP contribution in [0.3, 0.4) is 0 Å². The lowest BCUT2D eigenvalue weighted by atomic mass is 10.1. The molecule has 4 heteroatoms. The molecule has 0 aliphatic carbocycles. The van der Waals surface area contributed by atoms with Crippen LogP contribution in [0.15, 0.2) is 0 Å².